The van der Waals surface area contributed by atoms with Gasteiger partial charge in [0, 0.05) is 33.2 Å². The van der Waals surface area contributed by atoms with Crippen molar-refractivity contribution in [1.82, 2.24) is 20.6 Å². The molecule has 208 valence electrons. The second kappa shape index (κ2) is 12.8. The van der Waals surface area contributed by atoms with Crippen LogP contribution in [0.4, 0.5) is 5.82 Å². The van der Waals surface area contributed by atoms with Crippen molar-refractivity contribution in [3.05, 3.63) is 74.5 Å². The normalized spacial score (nSPS) is 17.7. The Hall–Kier alpha value is -2.42. The number of hydrogen-bond acceptors (Lipinski definition) is 7. The average Bonchev–Trinajstić information content (AvgIpc) is 2.88. The molecule has 39 heavy (non-hydrogen) atoms. The van der Waals surface area contributed by atoms with Crippen LogP contribution in [0.1, 0.15) is 50.4 Å². The van der Waals surface area contributed by atoms with E-state index in [-0.39, 0.29) is 18.1 Å². The number of hydrogen-bond donors (Lipinski definition) is 3. The van der Waals surface area contributed by atoms with Crippen molar-refractivity contribution in [3.63, 3.8) is 0 Å². The van der Waals surface area contributed by atoms with Gasteiger partial charge in [-0.25, -0.2) is 9.97 Å². The van der Waals surface area contributed by atoms with Gasteiger partial charge < -0.3 is 21.1 Å². The number of nitrogens with one attached hydrogen (secondary N) is 2. The van der Waals surface area contributed by atoms with E-state index < -0.39 is 5.60 Å². The molecule has 3 aromatic rings. The number of ether oxygens (including phenoxy) is 1. The summed E-state index contributed by atoms with van der Waals surface area (Å²) in [5.41, 5.74) is 9.65. The van der Waals surface area contributed by atoms with Crippen LogP contribution in [0, 0.1) is 0 Å². The first-order valence-corrected chi connectivity index (χ1v) is 14.2. The third-order valence-corrected chi connectivity index (χ3v) is 7.64. The number of nitrogens with two attached hydrogens (primary N) is 1. The van der Waals surface area contributed by atoms with Crippen LogP contribution < -0.4 is 16.4 Å². The van der Waals surface area contributed by atoms with Gasteiger partial charge in [-0.1, -0.05) is 53.0 Å². The van der Waals surface area contributed by atoms with E-state index in [4.69, 9.17) is 50.3 Å². The number of esters is 1. The molecule has 4 rings (SSSR count). The van der Waals surface area contributed by atoms with Crippen molar-refractivity contribution < 1.29 is 9.53 Å². The molecule has 0 spiro atoms. The number of rotatable bonds is 8. The molecule has 0 amide bonds. The minimum atomic E-state index is -0.507. The second-order valence-electron chi connectivity index (χ2n) is 10.7. The Morgan fingerprint density at radius 2 is 1.87 bits per heavy atom. The molecule has 1 aliphatic heterocycles. The van der Waals surface area contributed by atoms with E-state index in [1.54, 1.807) is 6.20 Å². The number of nitrogen functional groups attached to an aromatic ring is 1. The highest BCUT2D eigenvalue weighted by Crippen LogP contribution is 2.28. The summed E-state index contributed by atoms with van der Waals surface area (Å²) in [5, 5.41) is 8.67. The van der Waals surface area contributed by atoms with E-state index in [9.17, 15) is 4.79 Å². The van der Waals surface area contributed by atoms with Gasteiger partial charge in [-0.3, -0.25) is 4.79 Å². The molecule has 1 saturated heterocycles. The Bertz CT molecular complexity index is 1310. The lowest BCUT2D eigenvalue weighted by molar-refractivity contribution is -0.158. The predicted molar refractivity (Wildman–Crippen MR) is 158 cm³/mol. The summed E-state index contributed by atoms with van der Waals surface area (Å²) in [6.45, 7) is 6.96. The Morgan fingerprint density at radius 1 is 1.13 bits per heavy atom. The maximum absolute atomic E-state index is 12.5. The van der Waals surface area contributed by atoms with Gasteiger partial charge in [0.05, 0.1) is 17.6 Å². The summed E-state index contributed by atoms with van der Waals surface area (Å²) in [4.78, 5) is 21.6. The summed E-state index contributed by atoms with van der Waals surface area (Å²) >= 11 is 19.3. The van der Waals surface area contributed by atoms with Crippen LogP contribution in [-0.2, 0) is 28.9 Å². The molecule has 10 heteroatoms. The largest absolute Gasteiger partial charge is 0.459 e. The first kappa shape index (κ1) is 29.6. The van der Waals surface area contributed by atoms with Crippen LogP contribution in [0.2, 0.25) is 15.1 Å². The molecule has 0 bridgehead atoms. The molecule has 4 N–H and O–H groups in total. The molecule has 1 unspecified atom stereocenters. The molecule has 0 saturated carbocycles. The summed E-state index contributed by atoms with van der Waals surface area (Å²) in [6.07, 6.45) is 4.37. The number of nitrogens with zero attached hydrogens (tertiary/aromatic N) is 2. The molecule has 0 aliphatic carbocycles. The van der Waals surface area contributed by atoms with Crippen LogP contribution in [0.25, 0.3) is 11.3 Å². The zero-order valence-electron chi connectivity index (χ0n) is 22.4. The Kier molecular flexibility index (Phi) is 9.73. The first-order valence-electron chi connectivity index (χ1n) is 13.0. The zero-order chi connectivity index (χ0) is 28.2. The quantitative estimate of drug-likeness (QED) is 0.276. The Balaban J connectivity index is 1.39. The summed E-state index contributed by atoms with van der Waals surface area (Å²) in [7, 11) is 0. The second-order valence-corrected chi connectivity index (χ2v) is 12.0. The number of benzene rings is 2. The highest BCUT2D eigenvalue weighted by Gasteiger charge is 2.30. The van der Waals surface area contributed by atoms with E-state index in [1.165, 1.54) is 0 Å². The number of carbonyl (C=O) groups excluding carboxylic acids is 1. The molecule has 1 fully saturated rings. The minimum Gasteiger partial charge on any atom is -0.459 e. The number of piperidine rings is 1. The molecule has 1 aliphatic rings. The van der Waals surface area contributed by atoms with Crippen molar-refractivity contribution in [2.75, 3.05) is 12.3 Å². The Morgan fingerprint density at radius 3 is 2.56 bits per heavy atom. The fourth-order valence-electron chi connectivity index (χ4n) is 4.53. The Labute approximate surface area is 244 Å². The first-order chi connectivity index (χ1) is 18.5. The molecule has 0 radical (unpaired) electrons. The highest BCUT2D eigenvalue weighted by atomic mass is 35.5. The van der Waals surface area contributed by atoms with Crippen LogP contribution in [-0.4, -0.2) is 40.2 Å². The van der Waals surface area contributed by atoms with Crippen LogP contribution in [0.5, 0.6) is 0 Å². The van der Waals surface area contributed by atoms with E-state index >= 15 is 0 Å². The highest BCUT2D eigenvalue weighted by molar-refractivity contribution is 6.36. The van der Waals surface area contributed by atoms with Crippen molar-refractivity contribution >= 4 is 46.6 Å². The van der Waals surface area contributed by atoms with Crippen LogP contribution in [0.15, 0.2) is 42.6 Å². The lowest BCUT2D eigenvalue weighted by Crippen LogP contribution is -2.51. The molecule has 1 aromatic heterocycles. The maximum Gasteiger partial charge on any atom is 0.323 e. The lowest BCUT2D eigenvalue weighted by atomic mass is 9.98. The monoisotopic (exact) mass is 589 g/mol. The number of halogens is 3. The van der Waals surface area contributed by atoms with Crippen molar-refractivity contribution in [3.8, 4) is 11.3 Å². The topological polar surface area (TPSA) is 102 Å². The number of aryl methyl sites for hydroxylation is 1. The molecule has 2 aromatic carbocycles. The maximum atomic E-state index is 12.5. The summed E-state index contributed by atoms with van der Waals surface area (Å²) < 4.78 is 5.55. The fraction of sp³-hybridized carbons (Fsp3) is 0.414. The van der Waals surface area contributed by atoms with E-state index in [0.717, 1.165) is 29.7 Å². The summed E-state index contributed by atoms with van der Waals surface area (Å²) in [5.74, 6) is 0.163. The van der Waals surface area contributed by atoms with E-state index in [2.05, 4.69) is 15.6 Å². The van der Waals surface area contributed by atoms with Gasteiger partial charge in [-0.05, 0) is 82.3 Å². The molecular weight excluding hydrogens is 557 g/mol. The van der Waals surface area contributed by atoms with Crippen molar-refractivity contribution in [1.29, 1.82) is 0 Å². The van der Waals surface area contributed by atoms with Gasteiger partial charge in [0.1, 0.15) is 17.5 Å². The van der Waals surface area contributed by atoms with E-state index in [0.29, 0.717) is 58.1 Å². The van der Waals surface area contributed by atoms with Crippen LogP contribution in [0.3, 0.4) is 0 Å². The predicted octanol–water partition coefficient (Wildman–Crippen LogP) is 6.02. The number of anilines is 1. The smallest absolute Gasteiger partial charge is 0.323 e. The molecule has 2 atom stereocenters. The third kappa shape index (κ3) is 8.05. The van der Waals surface area contributed by atoms with Gasteiger partial charge in [-0.15, -0.1) is 0 Å². The van der Waals surface area contributed by atoms with Crippen molar-refractivity contribution in [2.24, 2.45) is 0 Å². The molecule has 2 heterocycles. The minimum absolute atomic E-state index is 0.177. The average molecular weight is 591 g/mol. The number of carbonyl (C=O) groups is 1. The lowest BCUT2D eigenvalue weighted by Gasteiger charge is -2.32. The van der Waals surface area contributed by atoms with Gasteiger partial charge in [0.25, 0.3) is 0 Å². The third-order valence-electron chi connectivity index (χ3n) is 6.58. The van der Waals surface area contributed by atoms with Gasteiger partial charge >= 0.3 is 5.97 Å². The van der Waals surface area contributed by atoms with Gasteiger partial charge in [-0.2, -0.15) is 0 Å². The standard InChI is InChI=1S/C29H34Cl3N5O2/c1-29(2,3)39-28(38)25-14-19(11-12-34-25)35-15-18-8-7-17(13-23(18)32)26-16-36-27(33)24(37-26)10-9-20-21(30)5-4-6-22(20)31/h4-8,13,16,19,25,34-35H,9-12,14-15H2,1-3H3,(H2,33,36)/t19?,25-/m1/s1. The molecule has 7 nitrogen and oxygen atoms in total. The SMILES string of the molecule is CC(C)(C)OC(=O)[C@H]1CC(NCc2ccc(-c3cnc(N)c(CCc4c(Cl)cccc4Cl)n3)cc2Cl)CCN1. The number of aromatic nitrogens is 2. The fourth-order valence-corrected chi connectivity index (χ4v) is 5.37. The van der Waals surface area contributed by atoms with Crippen LogP contribution >= 0.6 is 34.8 Å². The zero-order valence-corrected chi connectivity index (χ0v) is 24.6. The van der Waals surface area contributed by atoms with E-state index in [1.807, 2.05) is 57.2 Å². The van der Waals surface area contributed by atoms with Crippen molar-refractivity contribution in [2.45, 2.75) is 70.7 Å². The van der Waals surface area contributed by atoms with Gasteiger partial charge in [0.2, 0.25) is 0 Å². The summed E-state index contributed by atoms with van der Waals surface area (Å²) in [6, 6.07) is 11.2. The van der Waals surface area contributed by atoms with Gasteiger partial charge in [0.15, 0.2) is 0 Å². The molecular formula is C29H34Cl3N5O2.